The number of esters is 1. The number of aliphatic carboxylic acids is 1. The molecule has 21 nitrogen and oxygen atoms in total. The third-order valence-electron chi connectivity index (χ3n) is 6.86. The molecule has 0 spiro atoms. The second-order valence-corrected chi connectivity index (χ2v) is 10.3. The first-order chi connectivity index (χ1) is 21.2. The van der Waals surface area contributed by atoms with Crippen molar-refractivity contribution in [3.05, 3.63) is 10.4 Å². The summed E-state index contributed by atoms with van der Waals surface area (Å²) in [5, 5.41) is 80.6. The summed E-state index contributed by atoms with van der Waals surface area (Å²) >= 11 is 0. The predicted molar refractivity (Wildman–Crippen MR) is 142 cm³/mol. The van der Waals surface area contributed by atoms with Crippen LogP contribution in [0.25, 0.3) is 10.4 Å². The second-order valence-electron chi connectivity index (χ2n) is 10.3. The molecule has 45 heavy (non-hydrogen) atoms. The van der Waals surface area contributed by atoms with Crippen LogP contribution in [0, 0.1) is 0 Å². The van der Waals surface area contributed by atoms with Gasteiger partial charge < -0.3 is 70.1 Å². The summed E-state index contributed by atoms with van der Waals surface area (Å²) < 4.78 is 26.9. The minimum absolute atomic E-state index is 0.0505. The Morgan fingerprint density at radius 3 is 2.38 bits per heavy atom. The number of nitrogens with one attached hydrogen (secondary N) is 2. The molecule has 0 saturated carbocycles. The van der Waals surface area contributed by atoms with Crippen molar-refractivity contribution in [1.29, 1.82) is 0 Å². The van der Waals surface area contributed by atoms with Crippen molar-refractivity contribution in [3.63, 3.8) is 0 Å². The Bertz CT molecular complexity index is 1080. The number of carbonyl (C=O) groups is 4. The highest BCUT2D eigenvalue weighted by atomic mass is 16.7. The molecule has 0 aromatic carbocycles. The molecule has 21 heteroatoms. The summed E-state index contributed by atoms with van der Waals surface area (Å²) in [6.07, 6.45) is -14.9. The average molecular weight is 654 g/mol. The smallest absolute Gasteiger partial charge is 0.364 e. The van der Waals surface area contributed by atoms with Gasteiger partial charge in [0.2, 0.25) is 11.8 Å². The van der Waals surface area contributed by atoms with Gasteiger partial charge in [0.25, 0.3) is 5.79 Å². The summed E-state index contributed by atoms with van der Waals surface area (Å²) in [6.45, 7) is -0.572. The first kappa shape index (κ1) is 38.0. The van der Waals surface area contributed by atoms with Gasteiger partial charge in [0.15, 0.2) is 6.29 Å². The number of amides is 2. The predicted octanol–water partition coefficient (Wildman–Crippen LogP) is -4.64. The number of ether oxygens (including phenoxy) is 5. The van der Waals surface area contributed by atoms with Crippen LogP contribution < -0.4 is 10.6 Å². The van der Waals surface area contributed by atoms with Gasteiger partial charge in [-0.05, 0) is 12.0 Å². The molecule has 2 saturated heterocycles. The Morgan fingerprint density at radius 2 is 1.80 bits per heavy atom. The van der Waals surface area contributed by atoms with Crippen molar-refractivity contribution in [2.45, 2.75) is 93.6 Å². The number of aliphatic hydroxyl groups is 6. The monoisotopic (exact) mass is 653 g/mol. The molecule has 2 rings (SSSR count). The highest BCUT2D eigenvalue weighted by Crippen LogP contribution is 2.35. The van der Waals surface area contributed by atoms with Crippen LogP contribution in [0.5, 0.6) is 0 Å². The van der Waals surface area contributed by atoms with E-state index in [2.05, 4.69) is 25.4 Å². The molecule has 0 bridgehead atoms. The Labute approximate surface area is 255 Å². The zero-order valence-electron chi connectivity index (χ0n) is 24.4. The lowest BCUT2D eigenvalue weighted by molar-refractivity contribution is -0.330. The first-order valence-corrected chi connectivity index (χ1v) is 13.7. The quantitative estimate of drug-likeness (QED) is 0.0249. The minimum Gasteiger partial charge on any atom is -0.477 e. The number of hydrogen-bond acceptors (Lipinski definition) is 16. The fourth-order valence-electron chi connectivity index (χ4n) is 4.66. The first-order valence-electron chi connectivity index (χ1n) is 13.7. The van der Waals surface area contributed by atoms with Gasteiger partial charge in [-0.3, -0.25) is 14.4 Å². The molecule has 2 heterocycles. The molecule has 2 aliphatic rings. The Hall–Kier alpha value is -3.21. The van der Waals surface area contributed by atoms with E-state index in [1.54, 1.807) is 0 Å². The van der Waals surface area contributed by atoms with Crippen molar-refractivity contribution in [2.24, 2.45) is 5.11 Å². The van der Waals surface area contributed by atoms with Crippen molar-refractivity contribution in [3.8, 4) is 0 Å². The Balaban J connectivity index is 2.31. The van der Waals surface area contributed by atoms with Crippen LogP contribution in [-0.2, 0) is 42.9 Å². The van der Waals surface area contributed by atoms with Gasteiger partial charge >= 0.3 is 11.9 Å². The number of rotatable bonds is 16. The standard InChI is InChI=1S/C24H39N5O16/c1-10(31)27-17-20(38)19(37)14(44-22(17)41-5-3-4-26-29-25)9-43-24(23(39)40)6-12(33)16(28-15(35)7-30)21(45-24)18(36)13(34)8-42-11(2)32/h12-14,16-22,30,33-34,36-38H,3-9H2,1-2H3,(H,27,31)(H,28,35)(H,39,40)/t12-,13+,14+,16+,17+,18+,19-,20+,21+,22-,24+/m0/s1. The van der Waals surface area contributed by atoms with Gasteiger partial charge in [-0.25, -0.2) is 4.79 Å². The number of carboxylic acid groups (broad SMARTS) is 1. The molecule has 9 N–H and O–H groups in total. The van der Waals surface area contributed by atoms with E-state index in [9.17, 15) is 49.8 Å². The third-order valence-corrected chi connectivity index (χ3v) is 6.86. The second kappa shape index (κ2) is 17.5. The highest BCUT2D eigenvalue weighted by Gasteiger charge is 2.57. The van der Waals surface area contributed by atoms with Gasteiger partial charge in [0.1, 0.15) is 55.9 Å². The summed E-state index contributed by atoms with van der Waals surface area (Å²) in [6, 6.07) is -2.90. The van der Waals surface area contributed by atoms with Gasteiger partial charge in [-0.1, -0.05) is 5.11 Å². The van der Waals surface area contributed by atoms with E-state index < -0.39 is 117 Å². The summed E-state index contributed by atoms with van der Waals surface area (Å²) in [5.41, 5.74) is 8.41. The maximum atomic E-state index is 12.5. The zero-order valence-corrected chi connectivity index (χ0v) is 24.4. The van der Waals surface area contributed by atoms with Crippen LogP contribution >= 0.6 is 0 Å². The van der Waals surface area contributed by atoms with Gasteiger partial charge in [0, 0.05) is 38.3 Å². The molecule has 0 aromatic rings. The molecular formula is C24H39N5O16. The van der Waals surface area contributed by atoms with Crippen LogP contribution in [-0.4, -0.2) is 159 Å². The van der Waals surface area contributed by atoms with Gasteiger partial charge in [-0.2, -0.15) is 0 Å². The molecule has 256 valence electrons. The molecule has 0 aromatic heterocycles. The third kappa shape index (κ3) is 10.4. The lowest BCUT2D eigenvalue weighted by Crippen LogP contribution is -2.69. The van der Waals surface area contributed by atoms with E-state index in [0.29, 0.717) is 0 Å². The van der Waals surface area contributed by atoms with E-state index in [1.807, 2.05) is 0 Å². The molecule has 0 radical (unpaired) electrons. The minimum atomic E-state index is -2.82. The number of carboxylic acids is 1. The van der Waals surface area contributed by atoms with Crippen molar-refractivity contribution >= 4 is 23.8 Å². The van der Waals surface area contributed by atoms with Gasteiger partial charge in [0.05, 0.1) is 18.8 Å². The topological polar surface area (TPSA) is 329 Å². The largest absolute Gasteiger partial charge is 0.477 e. The number of aliphatic hydroxyl groups excluding tert-OH is 6. The number of carbonyl (C=O) groups excluding carboxylic acids is 3. The highest BCUT2D eigenvalue weighted by molar-refractivity contribution is 5.78. The number of nitrogens with zero attached hydrogens (tertiary/aromatic N) is 3. The Morgan fingerprint density at radius 1 is 1.11 bits per heavy atom. The van der Waals surface area contributed by atoms with Crippen molar-refractivity contribution in [1.82, 2.24) is 10.6 Å². The van der Waals surface area contributed by atoms with Crippen LogP contribution in [0.4, 0.5) is 0 Å². The fourth-order valence-corrected chi connectivity index (χ4v) is 4.66. The van der Waals surface area contributed by atoms with Crippen LogP contribution in [0.1, 0.15) is 26.7 Å². The maximum absolute atomic E-state index is 12.5. The molecule has 0 unspecified atom stereocenters. The van der Waals surface area contributed by atoms with Crippen LogP contribution in [0.2, 0.25) is 0 Å². The van der Waals surface area contributed by atoms with Crippen LogP contribution in [0.3, 0.4) is 0 Å². The summed E-state index contributed by atoms with van der Waals surface area (Å²) in [7, 11) is 0. The summed E-state index contributed by atoms with van der Waals surface area (Å²) in [4.78, 5) is 49.9. The van der Waals surface area contributed by atoms with Crippen molar-refractivity contribution in [2.75, 3.05) is 33.0 Å². The van der Waals surface area contributed by atoms with Gasteiger partial charge in [-0.15, -0.1) is 0 Å². The normalized spacial score (nSPS) is 32.8. The molecule has 2 aliphatic heterocycles. The summed E-state index contributed by atoms with van der Waals surface area (Å²) in [5.74, 6) is -7.16. The molecular weight excluding hydrogens is 614 g/mol. The van der Waals surface area contributed by atoms with E-state index in [4.69, 9.17) is 29.6 Å². The zero-order chi connectivity index (χ0) is 33.9. The number of azide groups is 1. The van der Waals surface area contributed by atoms with E-state index in [-0.39, 0.29) is 19.6 Å². The molecule has 11 atom stereocenters. The SMILES string of the molecule is CC(=O)N[C@H]1[C@@H](OCCCN=[N+]=[N-])O[C@H](CO[C@]2(C(=O)O)C[C@H](O)[C@@H](NC(=O)CO)[C@H]([C@H](O)[C@H](O)COC(C)=O)O2)[C@H](O)[C@@H]1O. The molecule has 2 fully saturated rings. The maximum Gasteiger partial charge on any atom is 0.364 e. The lowest BCUT2D eigenvalue weighted by atomic mass is 9.88. The van der Waals surface area contributed by atoms with E-state index in [0.717, 1.165) is 13.8 Å². The Kier molecular flexibility index (Phi) is 14.7. The van der Waals surface area contributed by atoms with E-state index >= 15 is 0 Å². The lowest BCUT2D eigenvalue weighted by Gasteiger charge is -2.47. The fraction of sp³-hybridized carbons (Fsp3) is 0.833. The van der Waals surface area contributed by atoms with E-state index in [1.165, 1.54) is 0 Å². The van der Waals surface area contributed by atoms with Crippen LogP contribution in [0.15, 0.2) is 5.11 Å². The van der Waals surface area contributed by atoms with Crippen molar-refractivity contribution < 1.29 is 78.6 Å². The molecule has 0 aliphatic carbocycles. The molecule has 2 amide bonds. The number of hydrogen-bond donors (Lipinski definition) is 9. The average Bonchev–Trinajstić information content (AvgIpc) is 2.98.